The minimum Gasteiger partial charge on any atom is -0.406 e. The molecule has 0 bridgehead atoms. The number of carbonyl (C=O) groups excluding carboxylic acids is 2. The SMILES string of the molecule is Cn1ncc(C(=O)N2CCN(CC(=O)Nc3ccc(OC(F)(F)F)cc3)CC2)c1-n1cccc1. The number of carbonyl (C=O) groups is 2. The van der Waals surface area contributed by atoms with Gasteiger partial charge in [-0.3, -0.25) is 19.2 Å². The topological polar surface area (TPSA) is 84.6 Å². The van der Waals surface area contributed by atoms with Crippen LogP contribution in [0, 0.1) is 0 Å². The zero-order chi connectivity index (χ0) is 24.3. The first kappa shape index (κ1) is 23.4. The number of alkyl halides is 3. The second-order valence-electron chi connectivity index (χ2n) is 7.78. The van der Waals surface area contributed by atoms with Crippen LogP contribution in [0.5, 0.6) is 5.75 Å². The molecule has 12 heteroatoms. The van der Waals surface area contributed by atoms with E-state index in [9.17, 15) is 22.8 Å². The van der Waals surface area contributed by atoms with Crippen LogP contribution < -0.4 is 10.1 Å². The molecule has 4 rings (SSSR count). The van der Waals surface area contributed by atoms with Gasteiger partial charge in [-0.1, -0.05) is 0 Å². The second-order valence-corrected chi connectivity index (χ2v) is 7.78. The molecule has 1 aliphatic heterocycles. The molecule has 0 spiro atoms. The van der Waals surface area contributed by atoms with E-state index in [1.165, 1.54) is 12.1 Å². The number of ether oxygens (including phenoxy) is 1. The number of anilines is 1. The van der Waals surface area contributed by atoms with E-state index in [-0.39, 0.29) is 24.1 Å². The number of benzene rings is 1. The van der Waals surface area contributed by atoms with Gasteiger partial charge < -0.3 is 19.5 Å². The Labute approximate surface area is 193 Å². The Morgan fingerprint density at radius 3 is 2.32 bits per heavy atom. The number of aromatic nitrogens is 3. The van der Waals surface area contributed by atoms with Gasteiger partial charge in [0, 0.05) is 51.3 Å². The molecular formula is C22H23F3N6O3. The number of halogens is 3. The quantitative estimate of drug-likeness (QED) is 0.591. The molecule has 0 saturated carbocycles. The fraction of sp³-hybridized carbons (Fsp3) is 0.318. The van der Waals surface area contributed by atoms with Crippen molar-refractivity contribution in [3.8, 4) is 11.6 Å². The van der Waals surface area contributed by atoms with E-state index < -0.39 is 6.36 Å². The highest BCUT2D eigenvalue weighted by Gasteiger charge is 2.31. The zero-order valence-electron chi connectivity index (χ0n) is 18.3. The predicted molar refractivity (Wildman–Crippen MR) is 117 cm³/mol. The number of aryl methyl sites for hydroxylation is 1. The molecule has 2 aromatic heterocycles. The molecule has 1 fully saturated rings. The average molecular weight is 476 g/mol. The zero-order valence-corrected chi connectivity index (χ0v) is 18.3. The maximum atomic E-state index is 13.1. The average Bonchev–Trinajstić information content (AvgIpc) is 3.43. The summed E-state index contributed by atoms with van der Waals surface area (Å²) in [6.45, 7) is 2.03. The van der Waals surface area contributed by atoms with Crippen molar-refractivity contribution in [1.82, 2.24) is 24.1 Å². The number of rotatable bonds is 6. The smallest absolute Gasteiger partial charge is 0.406 e. The molecule has 1 aromatic carbocycles. The molecule has 0 radical (unpaired) electrons. The van der Waals surface area contributed by atoms with E-state index in [2.05, 4.69) is 15.2 Å². The van der Waals surface area contributed by atoms with Crippen LogP contribution >= 0.6 is 0 Å². The minimum absolute atomic E-state index is 0.102. The molecule has 0 aliphatic carbocycles. The molecule has 1 aliphatic rings. The molecule has 0 atom stereocenters. The Bertz CT molecular complexity index is 1130. The number of amides is 2. The summed E-state index contributed by atoms with van der Waals surface area (Å²) in [7, 11) is 1.78. The van der Waals surface area contributed by atoms with Crippen LogP contribution in [0.25, 0.3) is 5.82 Å². The normalized spacial score (nSPS) is 14.8. The summed E-state index contributed by atoms with van der Waals surface area (Å²) in [6.07, 6.45) is 0.486. The first-order chi connectivity index (χ1) is 16.2. The summed E-state index contributed by atoms with van der Waals surface area (Å²) in [5, 5.41) is 6.88. The maximum absolute atomic E-state index is 13.1. The van der Waals surface area contributed by atoms with E-state index in [0.29, 0.717) is 43.2 Å². The van der Waals surface area contributed by atoms with Gasteiger partial charge in [-0.15, -0.1) is 13.2 Å². The highest BCUT2D eigenvalue weighted by atomic mass is 19.4. The van der Waals surface area contributed by atoms with E-state index in [1.807, 2.05) is 34.0 Å². The number of nitrogens with zero attached hydrogens (tertiary/aromatic N) is 5. The van der Waals surface area contributed by atoms with Crippen molar-refractivity contribution in [3.63, 3.8) is 0 Å². The summed E-state index contributed by atoms with van der Waals surface area (Å²) in [4.78, 5) is 29.1. The first-order valence-electron chi connectivity index (χ1n) is 10.5. The van der Waals surface area contributed by atoms with Crippen molar-refractivity contribution in [3.05, 3.63) is 60.6 Å². The van der Waals surface area contributed by atoms with Crippen LogP contribution in [-0.2, 0) is 11.8 Å². The molecule has 3 aromatic rings. The number of hydrogen-bond donors (Lipinski definition) is 1. The lowest BCUT2D eigenvalue weighted by atomic mass is 10.2. The standard InChI is InChI=1S/C22H23F3N6O3/c1-28-20(30-8-2-3-9-30)18(14-26-28)21(33)31-12-10-29(11-13-31)15-19(32)27-16-4-6-17(7-5-16)34-22(23,24)25/h2-9,14H,10-13,15H2,1H3,(H,27,32). The van der Waals surface area contributed by atoms with Gasteiger partial charge in [0.1, 0.15) is 17.1 Å². The Balaban J connectivity index is 1.28. The Morgan fingerprint density at radius 2 is 1.71 bits per heavy atom. The highest BCUT2D eigenvalue weighted by molar-refractivity contribution is 5.97. The van der Waals surface area contributed by atoms with Crippen molar-refractivity contribution < 1.29 is 27.5 Å². The Kier molecular flexibility index (Phi) is 6.59. The fourth-order valence-electron chi connectivity index (χ4n) is 3.79. The van der Waals surface area contributed by atoms with Gasteiger partial charge in [-0.2, -0.15) is 5.10 Å². The Hall–Kier alpha value is -3.80. The molecule has 3 heterocycles. The van der Waals surface area contributed by atoms with Gasteiger partial charge in [-0.25, -0.2) is 0 Å². The van der Waals surface area contributed by atoms with E-state index >= 15 is 0 Å². The lowest BCUT2D eigenvalue weighted by Gasteiger charge is -2.34. The van der Waals surface area contributed by atoms with Gasteiger partial charge in [0.15, 0.2) is 0 Å². The van der Waals surface area contributed by atoms with Crippen molar-refractivity contribution in [2.24, 2.45) is 7.05 Å². The molecule has 0 unspecified atom stereocenters. The van der Waals surface area contributed by atoms with E-state index in [0.717, 1.165) is 12.1 Å². The third kappa shape index (κ3) is 5.57. The minimum atomic E-state index is -4.77. The summed E-state index contributed by atoms with van der Waals surface area (Å²) in [5.41, 5.74) is 0.866. The van der Waals surface area contributed by atoms with E-state index in [1.54, 1.807) is 22.8 Å². The van der Waals surface area contributed by atoms with Crippen molar-refractivity contribution in [2.45, 2.75) is 6.36 Å². The third-order valence-electron chi connectivity index (χ3n) is 5.39. The second kappa shape index (κ2) is 9.59. The number of piperazine rings is 1. The molecule has 1 saturated heterocycles. The molecule has 34 heavy (non-hydrogen) atoms. The van der Waals surface area contributed by atoms with Crippen LogP contribution in [0.1, 0.15) is 10.4 Å². The molecule has 2 amide bonds. The number of nitrogens with one attached hydrogen (secondary N) is 1. The summed E-state index contributed by atoms with van der Waals surface area (Å²) < 4.78 is 44.0. The lowest BCUT2D eigenvalue weighted by Crippen LogP contribution is -2.50. The monoisotopic (exact) mass is 476 g/mol. The van der Waals surface area contributed by atoms with Crippen LogP contribution in [0.4, 0.5) is 18.9 Å². The van der Waals surface area contributed by atoms with Gasteiger partial charge in [0.05, 0.1) is 12.7 Å². The third-order valence-corrected chi connectivity index (χ3v) is 5.39. The van der Waals surface area contributed by atoms with Gasteiger partial charge in [0.25, 0.3) is 5.91 Å². The summed E-state index contributed by atoms with van der Waals surface area (Å²) >= 11 is 0. The van der Waals surface area contributed by atoms with Gasteiger partial charge >= 0.3 is 6.36 Å². The Morgan fingerprint density at radius 1 is 1.06 bits per heavy atom. The lowest BCUT2D eigenvalue weighted by molar-refractivity contribution is -0.274. The first-order valence-corrected chi connectivity index (χ1v) is 10.5. The summed E-state index contributed by atoms with van der Waals surface area (Å²) in [6, 6.07) is 8.69. The molecule has 180 valence electrons. The fourth-order valence-corrected chi connectivity index (χ4v) is 3.79. The molecule has 1 N–H and O–H groups in total. The molecular weight excluding hydrogens is 453 g/mol. The van der Waals surface area contributed by atoms with Crippen LogP contribution in [0.15, 0.2) is 55.0 Å². The van der Waals surface area contributed by atoms with E-state index in [4.69, 9.17) is 0 Å². The van der Waals surface area contributed by atoms with Crippen molar-refractivity contribution >= 4 is 17.5 Å². The molecule has 9 nitrogen and oxygen atoms in total. The van der Waals surface area contributed by atoms with Gasteiger partial charge in [-0.05, 0) is 36.4 Å². The van der Waals surface area contributed by atoms with Crippen LogP contribution in [0.2, 0.25) is 0 Å². The van der Waals surface area contributed by atoms with Gasteiger partial charge in [0.2, 0.25) is 5.91 Å². The number of hydrogen-bond acceptors (Lipinski definition) is 5. The predicted octanol–water partition coefficient (Wildman–Crippen LogP) is 2.51. The van der Waals surface area contributed by atoms with Crippen LogP contribution in [-0.4, -0.2) is 75.0 Å². The summed E-state index contributed by atoms with van der Waals surface area (Å²) in [5.74, 6) is -0.100. The van der Waals surface area contributed by atoms with Crippen molar-refractivity contribution in [2.75, 3.05) is 38.0 Å². The largest absolute Gasteiger partial charge is 0.573 e. The maximum Gasteiger partial charge on any atom is 0.573 e. The van der Waals surface area contributed by atoms with Crippen molar-refractivity contribution in [1.29, 1.82) is 0 Å². The highest BCUT2D eigenvalue weighted by Crippen LogP contribution is 2.24. The van der Waals surface area contributed by atoms with Crippen LogP contribution in [0.3, 0.4) is 0 Å².